The minimum absolute atomic E-state index is 0.0182. The molecule has 17 heavy (non-hydrogen) atoms. The lowest BCUT2D eigenvalue weighted by molar-refractivity contribution is 0.0765. The number of sulfone groups is 1. The molecule has 0 aliphatic heterocycles. The van der Waals surface area contributed by atoms with Crippen LogP contribution in [0.3, 0.4) is 0 Å². The molecular formula is C10H22O6S. The van der Waals surface area contributed by atoms with Gasteiger partial charge in [-0.25, -0.2) is 8.42 Å². The van der Waals surface area contributed by atoms with Crippen LogP contribution in [0.2, 0.25) is 0 Å². The summed E-state index contributed by atoms with van der Waals surface area (Å²) in [5.74, 6) is 0.0364. The SMILES string of the molecule is COCCOCCS(=O)(=O)CCOCCOC. The minimum atomic E-state index is -3.09. The van der Waals surface area contributed by atoms with Crippen LogP contribution in [0.15, 0.2) is 0 Å². The molecule has 0 unspecified atom stereocenters. The highest BCUT2D eigenvalue weighted by Crippen LogP contribution is 1.92. The molecule has 0 saturated carbocycles. The van der Waals surface area contributed by atoms with Crippen molar-refractivity contribution in [3.8, 4) is 0 Å². The molecule has 0 rings (SSSR count). The van der Waals surface area contributed by atoms with Crippen molar-refractivity contribution in [3.63, 3.8) is 0 Å². The molecule has 0 aromatic carbocycles. The molecule has 104 valence electrons. The molecule has 0 bridgehead atoms. The standard InChI is InChI=1S/C10H22O6S/c1-13-3-5-15-7-9-17(11,12)10-8-16-6-4-14-2/h3-10H2,1-2H3. The van der Waals surface area contributed by atoms with Crippen LogP contribution in [0.1, 0.15) is 0 Å². The molecule has 0 radical (unpaired) electrons. The van der Waals surface area contributed by atoms with Crippen LogP contribution >= 0.6 is 0 Å². The highest BCUT2D eigenvalue weighted by molar-refractivity contribution is 7.91. The zero-order valence-electron chi connectivity index (χ0n) is 10.5. The molecule has 0 aromatic rings. The summed E-state index contributed by atoms with van der Waals surface area (Å²) in [4.78, 5) is 0. The van der Waals surface area contributed by atoms with E-state index in [-0.39, 0.29) is 24.7 Å². The molecule has 0 aliphatic rings. The molecule has 0 fully saturated rings. The maximum Gasteiger partial charge on any atom is 0.154 e. The molecule has 6 nitrogen and oxygen atoms in total. The van der Waals surface area contributed by atoms with Crippen molar-refractivity contribution in [1.82, 2.24) is 0 Å². The first-order chi connectivity index (χ1) is 8.12. The van der Waals surface area contributed by atoms with Gasteiger partial charge < -0.3 is 18.9 Å². The largest absolute Gasteiger partial charge is 0.382 e. The van der Waals surface area contributed by atoms with Crippen LogP contribution in [0, 0.1) is 0 Å². The van der Waals surface area contributed by atoms with E-state index in [1.54, 1.807) is 14.2 Å². The second-order valence-electron chi connectivity index (χ2n) is 3.36. The third-order valence-corrected chi connectivity index (χ3v) is 3.52. The van der Waals surface area contributed by atoms with Gasteiger partial charge in [-0.3, -0.25) is 0 Å². The molecule has 7 heteroatoms. The van der Waals surface area contributed by atoms with E-state index in [1.165, 1.54) is 0 Å². The number of hydrogen-bond donors (Lipinski definition) is 0. The Balaban J connectivity index is 3.46. The second kappa shape index (κ2) is 10.9. The van der Waals surface area contributed by atoms with Crippen LogP contribution in [-0.2, 0) is 28.8 Å². The fraction of sp³-hybridized carbons (Fsp3) is 1.00. The molecular weight excluding hydrogens is 248 g/mol. The van der Waals surface area contributed by atoms with E-state index in [9.17, 15) is 8.42 Å². The molecule has 0 amide bonds. The molecule has 0 aromatic heterocycles. The van der Waals surface area contributed by atoms with Crippen molar-refractivity contribution in [2.24, 2.45) is 0 Å². The highest BCUT2D eigenvalue weighted by Gasteiger charge is 2.10. The van der Waals surface area contributed by atoms with Gasteiger partial charge in [-0.15, -0.1) is 0 Å². The Morgan fingerprint density at radius 2 is 1.12 bits per heavy atom. The Hall–Kier alpha value is -0.210. The summed E-state index contributed by atoms with van der Waals surface area (Å²) in [7, 11) is 0.0463. The van der Waals surface area contributed by atoms with E-state index in [0.29, 0.717) is 26.4 Å². The molecule has 0 saturated heterocycles. The summed E-state index contributed by atoms with van der Waals surface area (Å²) < 4.78 is 42.7. The first-order valence-corrected chi connectivity index (χ1v) is 7.28. The summed E-state index contributed by atoms with van der Waals surface area (Å²) in [6, 6.07) is 0. The Labute approximate surface area is 103 Å². The Morgan fingerprint density at radius 3 is 1.47 bits per heavy atom. The first-order valence-electron chi connectivity index (χ1n) is 5.46. The van der Waals surface area contributed by atoms with Gasteiger partial charge in [-0.1, -0.05) is 0 Å². The van der Waals surface area contributed by atoms with Crippen LogP contribution in [-0.4, -0.2) is 73.8 Å². The van der Waals surface area contributed by atoms with E-state index >= 15 is 0 Å². The van der Waals surface area contributed by atoms with Crippen molar-refractivity contribution in [2.45, 2.75) is 0 Å². The van der Waals surface area contributed by atoms with Crippen LogP contribution < -0.4 is 0 Å². The number of ether oxygens (including phenoxy) is 4. The molecule has 0 spiro atoms. The van der Waals surface area contributed by atoms with Crippen molar-refractivity contribution in [1.29, 1.82) is 0 Å². The van der Waals surface area contributed by atoms with E-state index in [1.807, 2.05) is 0 Å². The van der Waals surface area contributed by atoms with Crippen LogP contribution in [0.5, 0.6) is 0 Å². The van der Waals surface area contributed by atoms with Gasteiger partial charge in [0.2, 0.25) is 0 Å². The van der Waals surface area contributed by atoms with Crippen LogP contribution in [0.25, 0.3) is 0 Å². The summed E-state index contributed by atoms with van der Waals surface area (Å²) in [5, 5.41) is 0. The summed E-state index contributed by atoms with van der Waals surface area (Å²) in [6.45, 7) is 2.17. The predicted octanol–water partition coefficient (Wildman–Crippen LogP) is -0.273. The molecule has 0 heterocycles. The van der Waals surface area contributed by atoms with Gasteiger partial charge in [0, 0.05) is 14.2 Å². The van der Waals surface area contributed by atoms with Gasteiger partial charge in [0.25, 0.3) is 0 Å². The van der Waals surface area contributed by atoms with Gasteiger partial charge in [0.05, 0.1) is 51.1 Å². The quantitative estimate of drug-likeness (QED) is 0.455. The Morgan fingerprint density at radius 1 is 0.706 bits per heavy atom. The van der Waals surface area contributed by atoms with Gasteiger partial charge in [0.15, 0.2) is 9.84 Å². The van der Waals surface area contributed by atoms with Gasteiger partial charge in [0.1, 0.15) is 0 Å². The number of hydrogen-bond acceptors (Lipinski definition) is 6. The zero-order valence-corrected chi connectivity index (χ0v) is 11.3. The zero-order chi connectivity index (χ0) is 13.0. The average Bonchev–Trinajstić information content (AvgIpc) is 2.28. The predicted molar refractivity (Wildman–Crippen MR) is 64.0 cm³/mol. The van der Waals surface area contributed by atoms with Crippen molar-refractivity contribution in [3.05, 3.63) is 0 Å². The maximum atomic E-state index is 11.5. The van der Waals surface area contributed by atoms with Gasteiger partial charge in [-0.2, -0.15) is 0 Å². The fourth-order valence-corrected chi connectivity index (χ4v) is 1.91. The molecule has 0 atom stereocenters. The second-order valence-corrected chi connectivity index (χ2v) is 5.67. The lowest BCUT2D eigenvalue weighted by atomic mass is 10.7. The lowest BCUT2D eigenvalue weighted by Crippen LogP contribution is -2.20. The molecule has 0 aliphatic carbocycles. The van der Waals surface area contributed by atoms with E-state index in [0.717, 1.165) is 0 Å². The average molecular weight is 270 g/mol. The normalized spacial score (nSPS) is 11.9. The number of rotatable bonds is 12. The van der Waals surface area contributed by atoms with Crippen molar-refractivity contribution >= 4 is 9.84 Å². The summed E-state index contributed by atoms with van der Waals surface area (Å²) >= 11 is 0. The summed E-state index contributed by atoms with van der Waals surface area (Å²) in [5.41, 5.74) is 0. The summed E-state index contributed by atoms with van der Waals surface area (Å²) in [6.07, 6.45) is 0. The minimum Gasteiger partial charge on any atom is -0.382 e. The monoisotopic (exact) mass is 270 g/mol. The van der Waals surface area contributed by atoms with Crippen molar-refractivity contribution in [2.75, 3.05) is 65.4 Å². The third-order valence-electron chi connectivity index (χ3n) is 1.94. The van der Waals surface area contributed by atoms with Crippen molar-refractivity contribution < 1.29 is 27.4 Å². The first kappa shape index (κ1) is 16.8. The topological polar surface area (TPSA) is 71.1 Å². The number of methoxy groups -OCH3 is 2. The van der Waals surface area contributed by atoms with Gasteiger partial charge in [-0.05, 0) is 0 Å². The Kier molecular flexibility index (Phi) is 10.8. The smallest absolute Gasteiger partial charge is 0.154 e. The maximum absolute atomic E-state index is 11.5. The van der Waals surface area contributed by atoms with Crippen LogP contribution in [0.4, 0.5) is 0 Å². The van der Waals surface area contributed by atoms with E-state index in [2.05, 4.69) is 0 Å². The van der Waals surface area contributed by atoms with Gasteiger partial charge >= 0.3 is 0 Å². The third kappa shape index (κ3) is 12.0. The molecule has 0 N–H and O–H groups in total. The van der Waals surface area contributed by atoms with E-state index in [4.69, 9.17) is 18.9 Å². The Bertz CT molecular complexity index is 232. The van der Waals surface area contributed by atoms with E-state index < -0.39 is 9.84 Å². The lowest BCUT2D eigenvalue weighted by Gasteiger charge is -2.06. The fourth-order valence-electron chi connectivity index (χ4n) is 0.962. The highest BCUT2D eigenvalue weighted by atomic mass is 32.2.